The molecule has 0 saturated heterocycles. The molecule has 1 aliphatic heterocycles. The minimum atomic E-state index is -0.451. The molecule has 4 nitrogen and oxygen atoms in total. The highest BCUT2D eigenvalue weighted by Crippen LogP contribution is 2.28. The lowest BCUT2D eigenvalue weighted by Crippen LogP contribution is -2.38. The Labute approximate surface area is 124 Å². The normalized spacial score (nSPS) is 16.5. The lowest BCUT2D eigenvalue weighted by atomic mass is 10.1. The number of pyridine rings is 1. The van der Waals surface area contributed by atoms with Crippen LogP contribution >= 0.6 is 0 Å². The van der Waals surface area contributed by atoms with E-state index in [1.807, 2.05) is 42.6 Å². The molecule has 2 aromatic rings. The van der Waals surface area contributed by atoms with E-state index in [1.54, 1.807) is 0 Å². The highest BCUT2D eigenvalue weighted by molar-refractivity contribution is 5.86. The predicted molar refractivity (Wildman–Crippen MR) is 81.7 cm³/mol. The molecule has 21 heavy (non-hydrogen) atoms. The molecule has 3 rings (SSSR count). The molecule has 1 unspecified atom stereocenters. The van der Waals surface area contributed by atoms with Crippen LogP contribution in [0.4, 0.5) is 5.69 Å². The largest absolute Gasteiger partial charge is 0.479 e. The standard InChI is InChI=1S/C17H18N2O2/c1-2-12-7-8-13(18-10-12)9-15(20)17-11-19-14-5-3-4-6-16(14)21-17/h3-8,10,17,19H,2,9,11H2,1H3. The summed E-state index contributed by atoms with van der Waals surface area (Å²) < 4.78 is 5.77. The number of benzene rings is 1. The van der Waals surface area contributed by atoms with Crippen LogP contribution in [0, 0.1) is 0 Å². The van der Waals surface area contributed by atoms with Gasteiger partial charge in [0.2, 0.25) is 0 Å². The van der Waals surface area contributed by atoms with E-state index in [4.69, 9.17) is 4.74 Å². The third-order valence-corrected chi connectivity index (χ3v) is 3.64. The van der Waals surface area contributed by atoms with Crippen molar-refractivity contribution in [3.8, 4) is 5.75 Å². The number of ketones is 1. The molecule has 0 aliphatic carbocycles. The average molecular weight is 282 g/mol. The summed E-state index contributed by atoms with van der Waals surface area (Å²) >= 11 is 0. The first-order valence-electron chi connectivity index (χ1n) is 7.22. The van der Waals surface area contributed by atoms with Gasteiger partial charge in [0.1, 0.15) is 5.75 Å². The molecular weight excluding hydrogens is 264 g/mol. The van der Waals surface area contributed by atoms with Crippen molar-refractivity contribution >= 4 is 11.5 Å². The van der Waals surface area contributed by atoms with Crippen molar-refractivity contribution in [2.75, 3.05) is 11.9 Å². The van der Waals surface area contributed by atoms with Crippen LogP contribution in [0.3, 0.4) is 0 Å². The van der Waals surface area contributed by atoms with Crippen LogP contribution in [0.15, 0.2) is 42.6 Å². The van der Waals surface area contributed by atoms with Gasteiger partial charge in [0.25, 0.3) is 0 Å². The number of nitrogens with zero attached hydrogens (tertiary/aromatic N) is 1. The number of aromatic nitrogens is 1. The fraction of sp³-hybridized carbons (Fsp3) is 0.294. The van der Waals surface area contributed by atoms with Crippen LogP contribution in [0.2, 0.25) is 0 Å². The molecule has 1 aromatic carbocycles. The van der Waals surface area contributed by atoms with Crippen molar-refractivity contribution < 1.29 is 9.53 Å². The Morgan fingerprint density at radius 1 is 1.33 bits per heavy atom. The smallest absolute Gasteiger partial charge is 0.181 e. The quantitative estimate of drug-likeness (QED) is 0.936. The zero-order valence-corrected chi connectivity index (χ0v) is 12.0. The number of anilines is 1. The number of Topliss-reactive ketones (excluding diaryl/α,β-unsaturated/α-hetero) is 1. The van der Waals surface area contributed by atoms with E-state index in [-0.39, 0.29) is 5.78 Å². The Morgan fingerprint density at radius 3 is 2.95 bits per heavy atom. The van der Waals surface area contributed by atoms with Gasteiger partial charge in [0.05, 0.1) is 18.7 Å². The Kier molecular flexibility index (Phi) is 3.86. The number of nitrogens with one attached hydrogen (secondary N) is 1. The molecule has 2 heterocycles. The number of rotatable bonds is 4. The molecule has 0 spiro atoms. The van der Waals surface area contributed by atoms with Crippen molar-refractivity contribution in [3.63, 3.8) is 0 Å². The molecule has 1 aromatic heterocycles. The van der Waals surface area contributed by atoms with Crippen molar-refractivity contribution in [2.24, 2.45) is 0 Å². The minimum absolute atomic E-state index is 0.0498. The van der Waals surface area contributed by atoms with E-state index in [1.165, 1.54) is 5.56 Å². The lowest BCUT2D eigenvalue weighted by Gasteiger charge is -2.26. The predicted octanol–water partition coefficient (Wildman–Crippen LogP) is 2.63. The molecule has 0 fully saturated rings. The number of ether oxygens (including phenoxy) is 1. The second kappa shape index (κ2) is 5.95. The Hall–Kier alpha value is -2.36. The summed E-state index contributed by atoms with van der Waals surface area (Å²) in [6.45, 7) is 2.59. The van der Waals surface area contributed by atoms with Crippen molar-refractivity contribution in [2.45, 2.75) is 25.9 Å². The molecule has 0 radical (unpaired) electrons. The maximum Gasteiger partial charge on any atom is 0.181 e. The van der Waals surface area contributed by atoms with Crippen LogP contribution in [0.5, 0.6) is 5.75 Å². The van der Waals surface area contributed by atoms with E-state index in [0.717, 1.165) is 23.6 Å². The SMILES string of the molecule is CCc1ccc(CC(=O)C2CNc3ccccc3O2)nc1. The maximum atomic E-state index is 12.3. The number of aryl methyl sites for hydroxylation is 1. The van der Waals surface area contributed by atoms with E-state index in [2.05, 4.69) is 17.2 Å². The number of hydrogen-bond acceptors (Lipinski definition) is 4. The summed E-state index contributed by atoms with van der Waals surface area (Å²) in [5.74, 6) is 0.783. The van der Waals surface area contributed by atoms with Gasteiger partial charge in [-0.25, -0.2) is 0 Å². The molecule has 1 N–H and O–H groups in total. The lowest BCUT2D eigenvalue weighted by molar-refractivity contribution is -0.124. The molecule has 1 aliphatic rings. The number of hydrogen-bond donors (Lipinski definition) is 1. The van der Waals surface area contributed by atoms with Crippen molar-refractivity contribution in [3.05, 3.63) is 53.9 Å². The second-order valence-electron chi connectivity index (χ2n) is 5.14. The molecular formula is C17H18N2O2. The van der Waals surface area contributed by atoms with Gasteiger partial charge in [-0.3, -0.25) is 9.78 Å². The fourth-order valence-electron chi connectivity index (χ4n) is 2.35. The molecule has 0 amide bonds. The first-order chi connectivity index (χ1) is 10.3. The molecule has 1 atom stereocenters. The van der Waals surface area contributed by atoms with E-state index >= 15 is 0 Å². The Balaban J connectivity index is 1.66. The minimum Gasteiger partial charge on any atom is -0.479 e. The van der Waals surface area contributed by atoms with Gasteiger partial charge in [-0.1, -0.05) is 25.1 Å². The van der Waals surface area contributed by atoms with Crippen LogP contribution < -0.4 is 10.1 Å². The zero-order valence-electron chi connectivity index (χ0n) is 12.0. The maximum absolute atomic E-state index is 12.3. The molecule has 108 valence electrons. The topological polar surface area (TPSA) is 51.2 Å². The van der Waals surface area contributed by atoms with Gasteiger partial charge >= 0.3 is 0 Å². The summed E-state index contributed by atoms with van der Waals surface area (Å²) in [6, 6.07) is 11.6. The number of carbonyl (C=O) groups excluding carboxylic acids is 1. The summed E-state index contributed by atoms with van der Waals surface area (Å²) in [5, 5.41) is 3.23. The molecule has 0 saturated carbocycles. The van der Waals surface area contributed by atoms with Gasteiger partial charge in [-0.15, -0.1) is 0 Å². The molecule has 0 bridgehead atoms. The summed E-state index contributed by atoms with van der Waals surface area (Å²) in [7, 11) is 0. The summed E-state index contributed by atoms with van der Waals surface area (Å²) in [6.07, 6.45) is 2.64. The Bertz CT molecular complexity index is 637. The van der Waals surface area contributed by atoms with Gasteiger partial charge in [0.15, 0.2) is 11.9 Å². The van der Waals surface area contributed by atoms with Gasteiger partial charge < -0.3 is 10.1 Å². The van der Waals surface area contributed by atoms with Gasteiger partial charge in [0, 0.05) is 11.9 Å². The highest BCUT2D eigenvalue weighted by atomic mass is 16.5. The van der Waals surface area contributed by atoms with E-state index in [0.29, 0.717) is 13.0 Å². The first-order valence-corrected chi connectivity index (χ1v) is 7.22. The average Bonchev–Trinajstić information content (AvgIpc) is 2.55. The number of para-hydroxylation sites is 2. The van der Waals surface area contributed by atoms with Crippen molar-refractivity contribution in [1.29, 1.82) is 0 Å². The fourth-order valence-corrected chi connectivity index (χ4v) is 2.35. The number of carbonyl (C=O) groups is 1. The monoisotopic (exact) mass is 282 g/mol. The van der Waals surface area contributed by atoms with Crippen LogP contribution in [-0.4, -0.2) is 23.4 Å². The Morgan fingerprint density at radius 2 is 2.19 bits per heavy atom. The number of fused-ring (bicyclic) bond motifs is 1. The van der Waals surface area contributed by atoms with Crippen LogP contribution in [0.1, 0.15) is 18.2 Å². The van der Waals surface area contributed by atoms with Crippen molar-refractivity contribution in [1.82, 2.24) is 4.98 Å². The van der Waals surface area contributed by atoms with E-state index < -0.39 is 6.10 Å². The molecule has 4 heteroatoms. The van der Waals surface area contributed by atoms with Crippen LogP contribution in [-0.2, 0) is 17.6 Å². The second-order valence-corrected chi connectivity index (χ2v) is 5.14. The van der Waals surface area contributed by atoms with Crippen LogP contribution in [0.25, 0.3) is 0 Å². The third kappa shape index (κ3) is 3.05. The highest BCUT2D eigenvalue weighted by Gasteiger charge is 2.25. The van der Waals surface area contributed by atoms with Gasteiger partial charge in [-0.2, -0.15) is 0 Å². The zero-order chi connectivity index (χ0) is 14.7. The van der Waals surface area contributed by atoms with Gasteiger partial charge in [-0.05, 0) is 30.2 Å². The summed E-state index contributed by atoms with van der Waals surface area (Å²) in [5.41, 5.74) is 2.90. The first kappa shape index (κ1) is 13.6. The third-order valence-electron chi connectivity index (χ3n) is 3.64. The van der Waals surface area contributed by atoms with E-state index in [9.17, 15) is 4.79 Å². The summed E-state index contributed by atoms with van der Waals surface area (Å²) in [4.78, 5) is 16.7.